The van der Waals surface area contributed by atoms with Crippen LogP contribution in [-0.2, 0) is 26.2 Å². The lowest BCUT2D eigenvalue weighted by atomic mass is 9.86. The van der Waals surface area contributed by atoms with E-state index < -0.39 is 31.5 Å². The van der Waals surface area contributed by atoms with Gasteiger partial charge in [-0.25, -0.2) is 0 Å². The second-order valence-electron chi connectivity index (χ2n) is 8.22. The Bertz CT molecular complexity index is 564. The van der Waals surface area contributed by atoms with E-state index in [1.165, 1.54) is 6.42 Å². The first-order valence-corrected chi connectivity index (χ1v) is 18.2. The third-order valence-corrected chi connectivity index (χ3v) is 11.4. The minimum atomic E-state index is -3.42. The molecule has 6 nitrogen and oxygen atoms in total. The van der Waals surface area contributed by atoms with Crippen LogP contribution >= 0.6 is 0 Å². The number of hydrogen-bond acceptors (Lipinski definition) is 6. The summed E-state index contributed by atoms with van der Waals surface area (Å²) in [4.78, 5) is 0. The van der Waals surface area contributed by atoms with Crippen molar-refractivity contribution in [3.8, 4) is 11.5 Å². The van der Waals surface area contributed by atoms with Crippen LogP contribution in [0, 0.1) is 11.5 Å². The van der Waals surface area contributed by atoms with Crippen molar-refractivity contribution >= 4 is 25.9 Å². The van der Waals surface area contributed by atoms with Crippen LogP contribution < -0.4 is 0 Å². The average molecular weight is 475 g/mol. The summed E-state index contributed by atoms with van der Waals surface area (Å²) in [5.74, 6) is 3.46. The first-order valence-electron chi connectivity index (χ1n) is 11.3. The van der Waals surface area contributed by atoms with Gasteiger partial charge in [-0.15, -0.1) is 0 Å². The average Bonchev–Trinajstić information content (AvgIpc) is 2.67. The van der Waals surface area contributed by atoms with Gasteiger partial charge in [0.2, 0.25) is 0 Å². The lowest BCUT2D eigenvalue weighted by Crippen LogP contribution is -2.58. The maximum absolute atomic E-state index is 6.62. The summed E-state index contributed by atoms with van der Waals surface area (Å²) in [6.07, 6.45) is 5.29. The zero-order valence-corrected chi connectivity index (χ0v) is 23.1. The van der Waals surface area contributed by atoms with Crippen LogP contribution in [0.2, 0.25) is 19.6 Å². The van der Waals surface area contributed by atoms with E-state index in [4.69, 9.17) is 26.2 Å². The molecule has 0 N–H and O–H groups in total. The molecule has 9 heteroatoms. The third-order valence-electron chi connectivity index (χ3n) is 4.49. The van der Waals surface area contributed by atoms with E-state index in [1.54, 1.807) is 5.70 Å². The topological polar surface area (TPSA) is 55.4 Å². The smallest absolute Gasteiger partial charge is 0.402 e. The fraction of sp³-hybridized carbons (Fsp3) is 0.810. The van der Waals surface area contributed by atoms with Crippen LogP contribution in [0.5, 0.6) is 0 Å². The van der Waals surface area contributed by atoms with Gasteiger partial charge in [-0.1, -0.05) is 18.9 Å². The van der Waals surface area contributed by atoms with E-state index in [2.05, 4.69) is 37.7 Å². The van der Waals surface area contributed by atoms with Crippen molar-refractivity contribution in [2.45, 2.75) is 85.0 Å². The van der Waals surface area contributed by atoms with Gasteiger partial charge in [0.15, 0.2) is 8.32 Å². The van der Waals surface area contributed by atoms with Gasteiger partial charge in [0.1, 0.15) is 5.60 Å². The summed E-state index contributed by atoms with van der Waals surface area (Å²) in [6.45, 7) is 19.9. The molecule has 0 aliphatic heterocycles. The Labute approximate surface area is 187 Å². The summed E-state index contributed by atoms with van der Waals surface area (Å²) < 4.78 is 37.1. The van der Waals surface area contributed by atoms with Crippen LogP contribution in [0.4, 0.5) is 0 Å². The van der Waals surface area contributed by atoms with Crippen LogP contribution in [0.15, 0.2) is 12.3 Å². The molecule has 174 valence electrons. The summed E-state index contributed by atoms with van der Waals surface area (Å²) >= 11 is 0. The molecule has 1 saturated carbocycles. The van der Waals surface area contributed by atoms with Crippen molar-refractivity contribution in [1.29, 1.82) is 0 Å². The van der Waals surface area contributed by atoms with Crippen molar-refractivity contribution in [3.05, 3.63) is 12.3 Å². The lowest BCUT2D eigenvalue weighted by molar-refractivity contribution is 0.0652. The molecule has 1 aliphatic carbocycles. The normalized spacial score (nSPS) is 17.3. The molecule has 0 radical (unpaired) electrons. The molecule has 30 heavy (non-hydrogen) atoms. The quantitative estimate of drug-likeness (QED) is 0.281. The predicted molar refractivity (Wildman–Crippen MR) is 127 cm³/mol. The summed E-state index contributed by atoms with van der Waals surface area (Å²) in [5.41, 5.74) is 4.49. The standard InChI is InChI=1S/C21H42O6Si3/c1-9-22-29(13-5,23-10-2)27-30(24-11-3,25-12-4)20-19-21(26-28(6,7)8)17-15-14-16-18-21/h13H,5,9-12,14-18H2,1-4,6-8H3. The third kappa shape index (κ3) is 8.69. The summed E-state index contributed by atoms with van der Waals surface area (Å²) in [7, 11) is -8.41. The van der Waals surface area contributed by atoms with E-state index in [-0.39, 0.29) is 0 Å². The highest BCUT2D eigenvalue weighted by atomic mass is 28.5. The maximum atomic E-state index is 6.62. The Kier molecular flexibility index (Phi) is 11.7. The maximum Gasteiger partial charge on any atom is 0.584 e. The second kappa shape index (κ2) is 12.7. The van der Waals surface area contributed by atoms with Crippen LogP contribution in [0.3, 0.4) is 0 Å². The molecule has 0 atom stereocenters. The molecule has 0 amide bonds. The SMILES string of the molecule is C=C[Si](OCC)(OCC)O[Si](C#CC1(O[Si](C)(C)C)CCCCC1)(OCC)OCC. The van der Waals surface area contributed by atoms with Gasteiger partial charge in [-0.05, 0) is 84.3 Å². The van der Waals surface area contributed by atoms with Crippen molar-refractivity contribution in [1.82, 2.24) is 0 Å². The minimum Gasteiger partial charge on any atom is -0.402 e. The van der Waals surface area contributed by atoms with Gasteiger partial charge < -0.3 is 26.2 Å². The molecule has 0 spiro atoms. The lowest BCUT2D eigenvalue weighted by Gasteiger charge is -2.39. The molecule has 0 heterocycles. The highest BCUT2D eigenvalue weighted by molar-refractivity contribution is 6.81. The van der Waals surface area contributed by atoms with Gasteiger partial charge in [0.05, 0.1) is 0 Å². The number of hydrogen-bond donors (Lipinski definition) is 0. The highest BCUT2D eigenvalue weighted by Crippen LogP contribution is 2.34. The largest absolute Gasteiger partial charge is 0.584 e. The van der Waals surface area contributed by atoms with Gasteiger partial charge in [0, 0.05) is 26.4 Å². The molecule has 1 rings (SSSR count). The molecule has 0 aromatic heterocycles. The van der Waals surface area contributed by atoms with Gasteiger partial charge in [-0.2, -0.15) is 0 Å². The van der Waals surface area contributed by atoms with Crippen LogP contribution in [0.1, 0.15) is 59.8 Å². The highest BCUT2D eigenvalue weighted by Gasteiger charge is 2.52. The fourth-order valence-electron chi connectivity index (χ4n) is 3.58. The molecule has 0 aromatic carbocycles. The fourth-order valence-corrected chi connectivity index (χ4v) is 10.5. The van der Waals surface area contributed by atoms with Crippen LogP contribution in [-0.4, -0.2) is 58.0 Å². The Morgan fingerprint density at radius 3 is 1.73 bits per heavy atom. The monoisotopic (exact) mass is 474 g/mol. The first kappa shape index (κ1) is 27.7. The Morgan fingerprint density at radius 2 is 1.33 bits per heavy atom. The van der Waals surface area contributed by atoms with Crippen LogP contribution in [0.25, 0.3) is 0 Å². The number of rotatable bonds is 13. The first-order chi connectivity index (χ1) is 14.1. The zero-order chi connectivity index (χ0) is 22.7. The van der Waals surface area contributed by atoms with Gasteiger partial charge in [0.25, 0.3) is 0 Å². The van der Waals surface area contributed by atoms with Gasteiger partial charge >= 0.3 is 17.6 Å². The van der Waals surface area contributed by atoms with Crippen molar-refractivity contribution in [2.24, 2.45) is 0 Å². The molecule has 0 bridgehead atoms. The van der Waals surface area contributed by atoms with E-state index in [0.717, 1.165) is 25.7 Å². The molecular weight excluding hydrogens is 432 g/mol. The molecule has 0 unspecified atom stereocenters. The van der Waals surface area contributed by atoms with E-state index in [9.17, 15) is 0 Å². The molecular formula is C21H42O6Si3. The second-order valence-corrected chi connectivity index (χ2v) is 17.6. The Hall–Kier alpha value is -0.289. The summed E-state index contributed by atoms with van der Waals surface area (Å²) in [6, 6.07) is 0. The van der Waals surface area contributed by atoms with E-state index in [0.29, 0.717) is 26.4 Å². The van der Waals surface area contributed by atoms with Gasteiger partial charge in [-0.3, -0.25) is 0 Å². The summed E-state index contributed by atoms with van der Waals surface area (Å²) in [5, 5.41) is 0. The van der Waals surface area contributed by atoms with Crippen molar-refractivity contribution < 1.29 is 26.2 Å². The Balaban J connectivity index is 3.40. The molecule has 0 aromatic rings. The predicted octanol–water partition coefficient (Wildman–Crippen LogP) is 4.85. The van der Waals surface area contributed by atoms with E-state index in [1.807, 2.05) is 27.7 Å². The van der Waals surface area contributed by atoms with E-state index >= 15 is 0 Å². The molecule has 1 aliphatic rings. The molecule has 0 saturated heterocycles. The Morgan fingerprint density at radius 1 is 0.833 bits per heavy atom. The zero-order valence-electron chi connectivity index (χ0n) is 20.1. The minimum absolute atomic E-state index is 0.419. The molecule has 1 fully saturated rings. The van der Waals surface area contributed by atoms with Crippen molar-refractivity contribution in [2.75, 3.05) is 26.4 Å². The van der Waals surface area contributed by atoms with Crippen molar-refractivity contribution in [3.63, 3.8) is 0 Å².